The average molecular weight is 353 g/mol. The number of nitrogens with zero attached hydrogens (tertiary/aromatic N) is 1. The molecule has 0 amide bonds. The van der Waals surface area contributed by atoms with Gasteiger partial charge < -0.3 is 14.6 Å². The molecule has 1 unspecified atom stereocenters. The van der Waals surface area contributed by atoms with Gasteiger partial charge in [0.05, 0.1) is 6.10 Å². The van der Waals surface area contributed by atoms with E-state index in [9.17, 15) is 5.11 Å². The predicted octanol–water partition coefficient (Wildman–Crippen LogP) is 4.05. The van der Waals surface area contributed by atoms with Crippen LogP contribution in [0.5, 0.6) is 11.5 Å². The zero-order valence-corrected chi connectivity index (χ0v) is 15.4. The van der Waals surface area contributed by atoms with Crippen LogP contribution >= 0.6 is 0 Å². The Kier molecular flexibility index (Phi) is 6.31. The molecule has 1 aliphatic heterocycles. The molecule has 138 valence electrons. The standard InChI is InChI=1S/C22H27NO3/c1-3-4-5-20(24)15-23(13-18-8-6-17(2)7-9-18)14-19-10-11-21-22(12-19)26-16-25-21/h3,6-12,20,24H,1,4-5,13-16H2,2H3. The molecular weight excluding hydrogens is 326 g/mol. The van der Waals surface area contributed by atoms with Crippen LogP contribution in [0.2, 0.25) is 0 Å². The first-order valence-electron chi connectivity index (χ1n) is 9.09. The summed E-state index contributed by atoms with van der Waals surface area (Å²) in [5.41, 5.74) is 3.65. The van der Waals surface area contributed by atoms with Gasteiger partial charge in [-0.25, -0.2) is 0 Å². The third-order valence-corrected chi connectivity index (χ3v) is 4.54. The van der Waals surface area contributed by atoms with Crippen LogP contribution in [0.4, 0.5) is 0 Å². The minimum absolute atomic E-state index is 0.284. The third kappa shape index (κ3) is 5.10. The van der Waals surface area contributed by atoms with Crippen LogP contribution in [0.25, 0.3) is 0 Å². The fraction of sp³-hybridized carbons (Fsp3) is 0.364. The summed E-state index contributed by atoms with van der Waals surface area (Å²) in [6, 6.07) is 14.6. The number of allylic oxidation sites excluding steroid dienone is 1. The minimum atomic E-state index is -0.368. The smallest absolute Gasteiger partial charge is 0.231 e. The van der Waals surface area contributed by atoms with Crippen LogP contribution < -0.4 is 9.47 Å². The molecule has 0 fully saturated rings. The molecule has 4 nitrogen and oxygen atoms in total. The first-order chi connectivity index (χ1) is 12.6. The maximum atomic E-state index is 10.4. The van der Waals surface area contributed by atoms with Gasteiger partial charge in [0.1, 0.15) is 0 Å². The molecule has 0 radical (unpaired) electrons. The third-order valence-electron chi connectivity index (χ3n) is 4.54. The summed E-state index contributed by atoms with van der Waals surface area (Å²) in [7, 11) is 0. The SMILES string of the molecule is C=CCCC(O)CN(Cc1ccc(C)cc1)Cc1ccc2c(c1)OCO2. The maximum absolute atomic E-state index is 10.4. The summed E-state index contributed by atoms with van der Waals surface area (Å²) < 4.78 is 10.9. The zero-order chi connectivity index (χ0) is 18.4. The van der Waals surface area contributed by atoms with Gasteiger partial charge >= 0.3 is 0 Å². The molecule has 2 aromatic rings. The van der Waals surface area contributed by atoms with Crippen molar-refractivity contribution in [2.24, 2.45) is 0 Å². The molecule has 1 heterocycles. The Morgan fingerprint density at radius 1 is 1.08 bits per heavy atom. The Hall–Kier alpha value is -2.30. The number of rotatable bonds is 9. The van der Waals surface area contributed by atoms with Gasteiger partial charge in [-0.05, 0) is 43.0 Å². The molecule has 1 aliphatic rings. The van der Waals surface area contributed by atoms with Gasteiger partial charge in [0.2, 0.25) is 6.79 Å². The number of fused-ring (bicyclic) bond motifs is 1. The number of hydrogen-bond acceptors (Lipinski definition) is 4. The Labute approximate surface area is 155 Å². The molecule has 0 aromatic heterocycles. The van der Waals surface area contributed by atoms with Gasteiger partial charge in [-0.3, -0.25) is 4.90 Å². The second-order valence-electron chi connectivity index (χ2n) is 6.86. The Morgan fingerprint density at radius 2 is 1.77 bits per heavy atom. The molecule has 0 spiro atoms. The number of aliphatic hydroxyl groups is 1. The molecule has 1 N–H and O–H groups in total. The topological polar surface area (TPSA) is 41.9 Å². The van der Waals surface area contributed by atoms with Crippen LogP contribution in [-0.2, 0) is 13.1 Å². The van der Waals surface area contributed by atoms with Gasteiger partial charge in [-0.15, -0.1) is 6.58 Å². The Balaban J connectivity index is 1.70. The zero-order valence-electron chi connectivity index (χ0n) is 15.4. The summed E-state index contributed by atoms with van der Waals surface area (Å²) in [6.45, 7) is 8.27. The lowest BCUT2D eigenvalue weighted by Gasteiger charge is -2.25. The summed E-state index contributed by atoms with van der Waals surface area (Å²) in [6.07, 6.45) is 3.04. The van der Waals surface area contributed by atoms with E-state index >= 15 is 0 Å². The van der Waals surface area contributed by atoms with Crippen molar-refractivity contribution in [3.63, 3.8) is 0 Å². The molecule has 0 aliphatic carbocycles. The normalized spacial score (nSPS) is 13.8. The van der Waals surface area contributed by atoms with E-state index in [4.69, 9.17) is 9.47 Å². The van der Waals surface area contributed by atoms with E-state index in [-0.39, 0.29) is 12.9 Å². The average Bonchev–Trinajstić information content (AvgIpc) is 3.09. The highest BCUT2D eigenvalue weighted by atomic mass is 16.7. The Bertz CT molecular complexity index is 727. The van der Waals surface area contributed by atoms with Gasteiger partial charge in [-0.1, -0.05) is 42.0 Å². The van der Waals surface area contributed by atoms with Crippen LogP contribution in [0, 0.1) is 6.92 Å². The minimum Gasteiger partial charge on any atom is -0.454 e. The van der Waals surface area contributed by atoms with E-state index < -0.39 is 0 Å². The fourth-order valence-electron chi connectivity index (χ4n) is 3.13. The molecular formula is C22H27NO3. The number of benzene rings is 2. The van der Waals surface area contributed by atoms with Crippen molar-refractivity contribution in [1.82, 2.24) is 4.90 Å². The molecule has 0 saturated carbocycles. The van der Waals surface area contributed by atoms with Crippen molar-refractivity contribution in [2.45, 2.75) is 39.0 Å². The molecule has 0 bridgehead atoms. The summed E-state index contributed by atoms with van der Waals surface area (Å²) in [4.78, 5) is 2.27. The van der Waals surface area contributed by atoms with E-state index in [1.807, 2.05) is 18.2 Å². The first-order valence-corrected chi connectivity index (χ1v) is 9.09. The van der Waals surface area contributed by atoms with Crippen LogP contribution in [0.1, 0.15) is 29.5 Å². The largest absolute Gasteiger partial charge is 0.454 e. The highest BCUT2D eigenvalue weighted by Gasteiger charge is 2.16. The van der Waals surface area contributed by atoms with Gasteiger partial charge in [0, 0.05) is 19.6 Å². The van der Waals surface area contributed by atoms with Crippen molar-refractivity contribution in [3.05, 3.63) is 71.8 Å². The lowest BCUT2D eigenvalue weighted by Crippen LogP contribution is -2.31. The quantitative estimate of drug-likeness (QED) is 0.691. The molecule has 4 heteroatoms. The van der Waals surface area contributed by atoms with Gasteiger partial charge in [-0.2, -0.15) is 0 Å². The lowest BCUT2D eigenvalue weighted by atomic mass is 10.1. The highest BCUT2D eigenvalue weighted by molar-refractivity contribution is 5.44. The van der Waals surface area contributed by atoms with Crippen molar-refractivity contribution in [1.29, 1.82) is 0 Å². The molecule has 3 rings (SSSR count). The van der Waals surface area contributed by atoms with E-state index in [2.05, 4.69) is 48.7 Å². The van der Waals surface area contributed by atoms with E-state index in [1.54, 1.807) is 0 Å². The lowest BCUT2D eigenvalue weighted by molar-refractivity contribution is 0.0984. The van der Waals surface area contributed by atoms with E-state index in [1.165, 1.54) is 11.1 Å². The van der Waals surface area contributed by atoms with E-state index in [0.29, 0.717) is 6.54 Å². The van der Waals surface area contributed by atoms with Crippen molar-refractivity contribution in [2.75, 3.05) is 13.3 Å². The van der Waals surface area contributed by atoms with Gasteiger partial charge in [0.25, 0.3) is 0 Å². The maximum Gasteiger partial charge on any atom is 0.231 e. The summed E-state index contributed by atoms with van der Waals surface area (Å²) >= 11 is 0. The number of aliphatic hydroxyl groups excluding tert-OH is 1. The second-order valence-corrected chi connectivity index (χ2v) is 6.86. The molecule has 26 heavy (non-hydrogen) atoms. The molecule has 1 atom stereocenters. The summed E-state index contributed by atoms with van der Waals surface area (Å²) in [5, 5.41) is 10.4. The van der Waals surface area contributed by atoms with E-state index in [0.717, 1.165) is 43.0 Å². The first kappa shape index (κ1) is 18.5. The predicted molar refractivity (Wildman–Crippen MR) is 103 cm³/mol. The monoisotopic (exact) mass is 353 g/mol. The summed E-state index contributed by atoms with van der Waals surface area (Å²) in [5.74, 6) is 1.59. The Morgan fingerprint density at radius 3 is 2.54 bits per heavy atom. The van der Waals surface area contributed by atoms with Crippen LogP contribution in [0.3, 0.4) is 0 Å². The number of hydrogen-bond donors (Lipinski definition) is 1. The number of aryl methyl sites for hydroxylation is 1. The van der Waals surface area contributed by atoms with Gasteiger partial charge in [0.15, 0.2) is 11.5 Å². The molecule has 0 saturated heterocycles. The van der Waals surface area contributed by atoms with Crippen molar-refractivity contribution >= 4 is 0 Å². The van der Waals surface area contributed by atoms with Crippen molar-refractivity contribution in [3.8, 4) is 11.5 Å². The van der Waals surface area contributed by atoms with Crippen molar-refractivity contribution < 1.29 is 14.6 Å². The van der Waals surface area contributed by atoms with Crippen LogP contribution in [-0.4, -0.2) is 29.4 Å². The fourth-order valence-corrected chi connectivity index (χ4v) is 3.13. The second kappa shape index (κ2) is 8.88. The van der Waals surface area contributed by atoms with Crippen LogP contribution in [0.15, 0.2) is 55.1 Å². The highest BCUT2D eigenvalue weighted by Crippen LogP contribution is 2.33. The number of ether oxygens (including phenoxy) is 2. The molecule has 2 aromatic carbocycles.